The van der Waals surface area contributed by atoms with E-state index in [2.05, 4.69) is 17.0 Å². The van der Waals surface area contributed by atoms with Crippen molar-refractivity contribution in [2.45, 2.75) is 146 Å². The van der Waals surface area contributed by atoms with E-state index in [-0.39, 0.29) is 30.3 Å². The summed E-state index contributed by atoms with van der Waals surface area (Å²) in [5.74, 6) is -0.407. The van der Waals surface area contributed by atoms with Crippen LogP contribution in [0, 0.1) is 28.5 Å². The number of hydrogen-bond donors (Lipinski definition) is 5. The second kappa shape index (κ2) is 22.4. The molecule has 5 atom stereocenters. The van der Waals surface area contributed by atoms with E-state index >= 15 is 0 Å². The summed E-state index contributed by atoms with van der Waals surface area (Å²) in [6.45, 7) is 1.02. The molecular formula is C39H57FN6O8P+. The lowest BCUT2D eigenvalue weighted by Crippen LogP contribution is -2.45. The summed E-state index contributed by atoms with van der Waals surface area (Å²) in [4.78, 5) is 25.4. The number of nitrogens with zero attached hydrogens (tertiary/aromatic N) is 5. The number of aromatic nitrogens is 3. The van der Waals surface area contributed by atoms with E-state index < -0.39 is 50.6 Å². The second-order valence-corrected chi connectivity index (χ2v) is 15.9. The maximum Gasteiger partial charge on any atom is 0.570 e. The van der Waals surface area contributed by atoms with Gasteiger partial charge in [0, 0.05) is 0 Å². The van der Waals surface area contributed by atoms with Gasteiger partial charge in [0.15, 0.2) is 5.82 Å². The molecule has 0 spiro atoms. The van der Waals surface area contributed by atoms with E-state index in [4.69, 9.17) is 24.3 Å². The van der Waals surface area contributed by atoms with E-state index in [0.29, 0.717) is 17.5 Å². The van der Waals surface area contributed by atoms with Gasteiger partial charge in [0.2, 0.25) is 5.60 Å². The first kappa shape index (κ1) is 44.4. The minimum atomic E-state index is -4.62. The van der Waals surface area contributed by atoms with Gasteiger partial charge in [-0.1, -0.05) is 103 Å². The molecule has 14 nitrogen and oxygen atoms in total. The molecule has 1 aliphatic heterocycles. The standard InChI is InChI=1S/C39H57FN6O8P/c1-2-3-4-5-6-7-8-9-10-11-12-13-14-15-16-17-32(51-24-30-20-29(23-41)21-31(40)22-30)25-52-55(49,50)53-27-39(26-42)37(48)35(47)36(54-39)33-18-19-34-38(43)44-28-45-46(33)34/h18-22,28,32,35-37,47-50H,2-17,24-25,27H2,1H3,(H2,43,44,45)/q+1/t32-,35-,36-,37-,39+/m0/s1. The van der Waals surface area contributed by atoms with Gasteiger partial charge in [-0.05, 0) is 42.3 Å². The van der Waals surface area contributed by atoms with Crippen molar-refractivity contribution in [1.29, 1.82) is 10.5 Å². The van der Waals surface area contributed by atoms with Crippen molar-refractivity contribution in [1.82, 2.24) is 14.6 Å². The molecule has 302 valence electrons. The highest BCUT2D eigenvalue weighted by atomic mass is 31.2. The minimum absolute atomic E-state index is 0.0514. The van der Waals surface area contributed by atoms with Crippen LogP contribution in [0.15, 0.2) is 36.7 Å². The number of nitrogens with two attached hydrogens (primary N) is 1. The highest BCUT2D eigenvalue weighted by molar-refractivity contribution is 7.54. The number of hydrogen-bond acceptors (Lipinski definition) is 13. The number of unbranched alkanes of at least 4 members (excludes halogenated alkanes) is 14. The Morgan fingerprint density at radius 1 is 0.945 bits per heavy atom. The van der Waals surface area contributed by atoms with Crippen LogP contribution in [0.25, 0.3) is 5.52 Å². The zero-order valence-corrected chi connectivity index (χ0v) is 32.7. The molecule has 3 heterocycles. The summed E-state index contributed by atoms with van der Waals surface area (Å²) in [6.07, 6.45) is 14.6. The van der Waals surface area contributed by atoms with Gasteiger partial charge >= 0.3 is 8.17 Å². The molecular weight excluding hydrogens is 730 g/mol. The van der Waals surface area contributed by atoms with Crippen molar-refractivity contribution < 1.29 is 42.9 Å². The van der Waals surface area contributed by atoms with E-state index in [1.807, 2.05) is 12.1 Å². The Labute approximate surface area is 323 Å². The third kappa shape index (κ3) is 13.4. The number of anilines is 1. The van der Waals surface area contributed by atoms with Crippen molar-refractivity contribution in [2.24, 2.45) is 0 Å². The largest absolute Gasteiger partial charge is 0.570 e. The van der Waals surface area contributed by atoms with Gasteiger partial charge in [0.25, 0.3) is 0 Å². The molecule has 6 N–H and O–H groups in total. The smallest absolute Gasteiger partial charge is 0.387 e. The molecule has 4 rings (SSSR count). The Kier molecular flexibility index (Phi) is 18.1. The lowest BCUT2D eigenvalue weighted by Gasteiger charge is -2.24. The number of fused-ring (bicyclic) bond motifs is 1. The minimum Gasteiger partial charge on any atom is -0.387 e. The maximum absolute atomic E-state index is 14.1. The van der Waals surface area contributed by atoms with Gasteiger partial charge in [-0.25, -0.2) is 13.9 Å². The predicted molar refractivity (Wildman–Crippen MR) is 204 cm³/mol. The zero-order chi connectivity index (χ0) is 39.7. The van der Waals surface area contributed by atoms with E-state index in [1.54, 1.807) is 12.1 Å². The SMILES string of the molecule is CCCCCCCCCCCCCCCCC[C@@H](CO[P+](O)(O)OC[C@@]1(C#N)O[C@@H](c2ccc3c(N)ncnn23)[C@H](O)[C@@H]1O)OCc1cc(F)cc(C#N)c1. The van der Waals surface area contributed by atoms with Crippen LogP contribution in [0.4, 0.5) is 10.2 Å². The summed E-state index contributed by atoms with van der Waals surface area (Å²) in [6, 6.07) is 10.8. The summed E-state index contributed by atoms with van der Waals surface area (Å²) < 4.78 is 38.0. The predicted octanol–water partition coefficient (Wildman–Crippen LogP) is 6.92. The number of rotatable bonds is 26. The summed E-state index contributed by atoms with van der Waals surface area (Å²) in [7, 11) is -4.62. The summed E-state index contributed by atoms with van der Waals surface area (Å²) in [5, 5.41) is 45.2. The molecule has 0 amide bonds. The molecule has 3 aromatic rings. The fourth-order valence-electron chi connectivity index (χ4n) is 6.84. The van der Waals surface area contributed by atoms with Gasteiger partial charge in [0.1, 0.15) is 55.3 Å². The Balaban J connectivity index is 1.26. The molecule has 0 radical (unpaired) electrons. The number of ether oxygens (including phenoxy) is 2. The Morgan fingerprint density at radius 2 is 1.58 bits per heavy atom. The van der Waals surface area contributed by atoms with Crippen LogP contribution in [-0.4, -0.2) is 71.7 Å². The second-order valence-electron chi connectivity index (χ2n) is 14.4. The lowest BCUT2D eigenvalue weighted by atomic mass is 9.96. The highest BCUT2D eigenvalue weighted by Crippen LogP contribution is 2.54. The quantitative estimate of drug-likeness (QED) is 0.0412. The monoisotopic (exact) mass is 787 g/mol. The highest BCUT2D eigenvalue weighted by Gasteiger charge is 2.59. The molecule has 0 saturated carbocycles. The van der Waals surface area contributed by atoms with Crippen molar-refractivity contribution in [3.63, 3.8) is 0 Å². The van der Waals surface area contributed by atoms with Crippen LogP contribution in [0.2, 0.25) is 0 Å². The van der Waals surface area contributed by atoms with Crippen molar-refractivity contribution in [2.75, 3.05) is 18.9 Å². The molecule has 16 heteroatoms. The van der Waals surface area contributed by atoms with Crippen LogP contribution in [0.3, 0.4) is 0 Å². The first-order valence-electron chi connectivity index (χ1n) is 19.5. The molecule has 1 aromatic carbocycles. The van der Waals surface area contributed by atoms with Gasteiger partial charge in [-0.3, -0.25) is 0 Å². The number of halogens is 1. The van der Waals surface area contributed by atoms with Crippen LogP contribution in [0.1, 0.15) is 133 Å². The normalized spacial score (nSPS) is 20.5. The Morgan fingerprint density at radius 3 is 2.20 bits per heavy atom. The Hall–Kier alpha value is -3.34. The van der Waals surface area contributed by atoms with Crippen molar-refractivity contribution in [3.8, 4) is 12.1 Å². The third-order valence-corrected chi connectivity index (χ3v) is 11.0. The molecule has 1 saturated heterocycles. The van der Waals surface area contributed by atoms with Crippen LogP contribution in [0.5, 0.6) is 0 Å². The fourth-order valence-corrected chi connectivity index (χ4v) is 7.64. The van der Waals surface area contributed by atoms with Gasteiger partial charge in [0.05, 0.1) is 30.0 Å². The average molecular weight is 788 g/mol. The van der Waals surface area contributed by atoms with Crippen molar-refractivity contribution in [3.05, 3.63) is 59.3 Å². The number of nitriles is 2. The number of nitrogen functional groups attached to an aromatic ring is 1. The van der Waals surface area contributed by atoms with Gasteiger partial charge in [-0.15, -0.1) is 4.52 Å². The molecule has 1 fully saturated rings. The molecule has 55 heavy (non-hydrogen) atoms. The zero-order valence-electron chi connectivity index (χ0n) is 31.8. The van der Waals surface area contributed by atoms with Crippen LogP contribution < -0.4 is 5.73 Å². The Bertz CT molecular complexity index is 1700. The molecule has 2 aromatic heterocycles. The van der Waals surface area contributed by atoms with E-state index in [0.717, 1.165) is 31.7 Å². The molecule has 0 bridgehead atoms. The van der Waals surface area contributed by atoms with E-state index in [9.17, 15) is 34.9 Å². The molecule has 0 aliphatic carbocycles. The number of aliphatic hydroxyl groups is 2. The lowest BCUT2D eigenvalue weighted by molar-refractivity contribution is -0.0799. The first-order chi connectivity index (χ1) is 26.5. The fraction of sp³-hybridized carbons (Fsp3) is 0.641. The maximum atomic E-state index is 14.1. The number of aliphatic hydroxyl groups excluding tert-OH is 2. The van der Waals surface area contributed by atoms with Crippen LogP contribution in [-0.2, 0) is 25.1 Å². The topological polar surface area (TPSA) is 222 Å². The van der Waals surface area contributed by atoms with E-state index in [1.165, 1.54) is 93.6 Å². The summed E-state index contributed by atoms with van der Waals surface area (Å²) >= 11 is 0. The van der Waals surface area contributed by atoms with Crippen LogP contribution >= 0.6 is 8.17 Å². The number of benzene rings is 1. The molecule has 1 aliphatic rings. The van der Waals surface area contributed by atoms with Gasteiger partial charge < -0.3 is 25.4 Å². The van der Waals surface area contributed by atoms with Gasteiger partial charge in [-0.2, -0.15) is 29.9 Å². The molecule has 0 unspecified atom stereocenters. The van der Waals surface area contributed by atoms with Crippen molar-refractivity contribution >= 4 is 19.5 Å². The third-order valence-electron chi connectivity index (χ3n) is 10.0. The summed E-state index contributed by atoms with van der Waals surface area (Å²) in [5.41, 5.74) is 4.98. The first-order valence-corrected chi connectivity index (χ1v) is 21.0. The average Bonchev–Trinajstić information content (AvgIpc) is 3.71.